The summed E-state index contributed by atoms with van der Waals surface area (Å²) >= 11 is 5.69. The van der Waals surface area contributed by atoms with Crippen LogP contribution < -0.4 is 19.5 Å². The fourth-order valence-electron chi connectivity index (χ4n) is 2.19. The maximum Gasteiger partial charge on any atom is 0.261 e. The van der Waals surface area contributed by atoms with Crippen LogP contribution in [0.5, 0.6) is 17.2 Å². The van der Waals surface area contributed by atoms with Gasteiger partial charge in [-0.3, -0.25) is 4.79 Å². The lowest BCUT2D eigenvalue weighted by atomic mass is 10.2. The first kappa shape index (κ1) is 16.4. The lowest BCUT2D eigenvalue weighted by Gasteiger charge is -2.15. The standard InChI is InChI=1S/C17H15ClFNO4/c1-10(24-12-3-4-14(19)13(18)7-12)17(21)20-8-11-2-5-15-16(6-11)23-9-22-15/h2-7,10H,8-9H2,1H3,(H,20,21)/t10-/m0/s1. The molecule has 1 atom stereocenters. The molecule has 0 fully saturated rings. The minimum absolute atomic E-state index is 0.0551. The lowest BCUT2D eigenvalue weighted by Crippen LogP contribution is -2.35. The zero-order chi connectivity index (χ0) is 17.1. The van der Waals surface area contributed by atoms with Crippen LogP contribution in [-0.4, -0.2) is 18.8 Å². The highest BCUT2D eigenvalue weighted by Crippen LogP contribution is 2.32. The molecule has 0 aliphatic carbocycles. The summed E-state index contributed by atoms with van der Waals surface area (Å²) in [6, 6.07) is 9.40. The number of nitrogens with one attached hydrogen (secondary N) is 1. The molecule has 0 spiro atoms. The first-order chi connectivity index (χ1) is 11.5. The van der Waals surface area contributed by atoms with Gasteiger partial charge in [-0.15, -0.1) is 0 Å². The molecule has 0 saturated carbocycles. The van der Waals surface area contributed by atoms with Gasteiger partial charge in [-0.2, -0.15) is 0 Å². The Hall–Kier alpha value is -2.47. The van der Waals surface area contributed by atoms with Crippen LogP contribution in [-0.2, 0) is 11.3 Å². The normalized spacial score (nSPS) is 13.5. The monoisotopic (exact) mass is 351 g/mol. The van der Waals surface area contributed by atoms with Gasteiger partial charge in [0.25, 0.3) is 5.91 Å². The van der Waals surface area contributed by atoms with E-state index in [1.807, 2.05) is 12.1 Å². The molecular weight excluding hydrogens is 337 g/mol. The van der Waals surface area contributed by atoms with E-state index in [0.717, 1.165) is 5.56 Å². The van der Waals surface area contributed by atoms with Crippen molar-refractivity contribution < 1.29 is 23.4 Å². The number of ether oxygens (including phenoxy) is 3. The number of hydrogen-bond donors (Lipinski definition) is 1. The molecule has 5 nitrogen and oxygen atoms in total. The molecule has 2 aromatic carbocycles. The Morgan fingerprint density at radius 1 is 1.29 bits per heavy atom. The van der Waals surface area contributed by atoms with Crippen molar-refractivity contribution >= 4 is 17.5 Å². The number of fused-ring (bicyclic) bond motifs is 1. The maximum atomic E-state index is 13.1. The predicted octanol–water partition coefficient (Wildman–Crippen LogP) is 3.29. The molecule has 7 heteroatoms. The molecule has 1 aliphatic rings. The van der Waals surface area contributed by atoms with Crippen molar-refractivity contribution in [1.29, 1.82) is 0 Å². The summed E-state index contributed by atoms with van der Waals surface area (Å²) in [6.45, 7) is 2.13. The van der Waals surface area contributed by atoms with Gasteiger partial charge in [-0.25, -0.2) is 4.39 Å². The summed E-state index contributed by atoms with van der Waals surface area (Å²) in [6.07, 6.45) is -0.750. The predicted molar refractivity (Wildman–Crippen MR) is 85.9 cm³/mol. The Balaban J connectivity index is 1.55. The second-order valence-electron chi connectivity index (χ2n) is 5.24. The Kier molecular flexibility index (Phi) is 4.76. The van der Waals surface area contributed by atoms with E-state index >= 15 is 0 Å². The van der Waals surface area contributed by atoms with Crippen molar-refractivity contribution in [3.63, 3.8) is 0 Å². The van der Waals surface area contributed by atoms with E-state index in [9.17, 15) is 9.18 Å². The Labute approximate surface area is 143 Å². The van der Waals surface area contributed by atoms with Gasteiger partial charge in [0.15, 0.2) is 17.6 Å². The van der Waals surface area contributed by atoms with Gasteiger partial charge < -0.3 is 19.5 Å². The van der Waals surface area contributed by atoms with Gasteiger partial charge in [0.2, 0.25) is 6.79 Å². The van der Waals surface area contributed by atoms with Gasteiger partial charge in [-0.05, 0) is 36.8 Å². The molecule has 126 valence electrons. The van der Waals surface area contributed by atoms with E-state index in [1.165, 1.54) is 18.2 Å². The van der Waals surface area contributed by atoms with Crippen LogP contribution in [0.4, 0.5) is 4.39 Å². The molecule has 0 bridgehead atoms. The van der Waals surface area contributed by atoms with Crippen molar-refractivity contribution in [1.82, 2.24) is 5.32 Å². The average molecular weight is 352 g/mol. The number of benzene rings is 2. The van der Waals surface area contributed by atoms with Gasteiger partial charge in [-0.1, -0.05) is 17.7 Å². The number of hydrogen-bond acceptors (Lipinski definition) is 4. The van der Waals surface area contributed by atoms with Gasteiger partial charge >= 0.3 is 0 Å². The molecule has 0 unspecified atom stereocenters. The maximum absolute atomic E-state index is 13.1. The molecule has 2 aromatic rings. The highest BCUT2D eigenvalue weighted by atomic mass is 35.5. The smallest absolute Gasteiger partial charge is 0.261 e. The molecule has 0 saturated heterocycles. The van der Waals surface area contributed by atoms with Crippen molar-refractivity contribution in [2.75, 3.05) is 6.79 Å². The fraction of sp³-hybridized carbons (Fsp3) is 0.235. The molecule has 24 heavy (non-hydrogen) atoms. The van der Waals surface area contributed by atoms with Gasteiger partial charge in [0, 0.05) is 12.6 Å². The third-order valence-electron chi connectivity index (χ3n) is 3.48. The number of carbonyl (C=O) groups is 1. The highest BCUT2D eigenvalue weighted by Gasteiger charge is 2.17. The summed E-state index contributed by atoms with van der Waals surface area (Å²) in [5, 5.41) is 2.71. The topological polar surface area (TPSA) is 56.8 Å². The second kappa shape index (κ2) is 6.97. The minimum atomic E-state index is -0.750. The zero-order valence-electron chi connectivity index (χ0n) is 12.8. The molecule has 1 aliphatic heterocycles. The van der Waals surface area contributed by atoms with Crippen molar-refractivity contribution in [3.05, 3.63) is 52.8 Å². The third kappa shape index (κ3) is 3.71. The molecule has 1 amide bonds. The zero-order valence-corrected chi connectivity index (χ0v) is 13.6. The summed E-state index contributed by atoms with van der Waals surface area (Å²) in [5.74, 6) is 0.839. The van der Waals surface area contributed by atoms with Crippen LogP contribution in [0.3, 0.4) is 0 Å². The molecule has 1 heterocycles. The minimum Gasteiger partial charge on any atom is -0.481 e. The van der Waals surface area contributed by atoms with Crippen molar-refractivity contribution in [2.45, 2.75) is 19.6 Å². The molecule has 1 N–H and O–H groups in total. The SMILES string of the molecule is C[C@H](Oc1ccc(F)c(Cl)c1)C(=O)NCc1ccc2c(c1)OCO2. The molecular formula is C17H15ClFNO4. The number of halogens is 2. The molecule has 0 radical (unpaired) electrons. The molecule has 0 aromatic heterocycles. The van der Waals surface area contributed by atoms with E-state index in [0.29, 0.717) is 23.8 Å². The Bertz CT molecular complexity index is 768. The van der Waals surface area contributed by atoms with E-state index < -0.39 is 11.9 Å². The Morgan fingerprint density at radius 2 is 2.08 bits per heavy atom. The largest absolute Gasteiger partial charge is 0.481 e. The van der Waals surface area contributed by atoms with Crippen LogP contribution >= 0.6 is 11.6 Å². The summed E-state index contributed by atoms with van der Waals surface area (Å²) in [4.78, 5) is 12.1. The summed E-state index contributed by atoms with van der Waals surface area (Å²) in [5.41, 5.74) is 0.879. The van der Waals surface area contributed by atoms with Gasteiger partial charge in [0.1, 0.15) is 11.6 Å². The average Bonchev–Trinajstić information content (AvgIpc) is 3.03. The van der Waals surface area contributed by atoms with E-state index in [1.54, 1.807) is 13.0 Å². The van der Waals surface area contributed by atoms with Crippen molar-refractivity contribution in [2.24, 2.45) is 0 Å². The lowest BCUT2D eigenvalue weighted by molar-refractivity contribution is -0.127. The summed E-state index contributed by atoms with van der Waals surface area (Å²) < 4.78 is 29.1. The third-order valence-corrected chi connectivity index (χ3v) is 3.77. The summed E-state index contributed by atoms with van der Waals surface area (Å²) in [7, 11) is 0. The van der Waals surface area contributed by atoms with Crippen LogP contribution in [0, 0.1) is 5.82 Å². The first-order valence-electron chi connectivity index (χ1n) is 7.31. The van der Waals surface area contributed by atoms with E-state index in [2.05, 4.69) is 5.32 Å². The fourth-order valence-corrected chi connectivity index (χ4v) is 2.36. The van der Waals surface area contributed by atoms with E-state index in [-0.39, 0.29) is 17.7 Å². The number of rotatable bonds is 5. The van der Waals surface area contributed by atoms with Crippen molar-refractivity contribution in [3.8, 4) is 17.2 Å². The molecule has 3 rings (SSSR count). The quantitative estimate of drug-likeness (QED) is 0.898. The van der Waals surface area contributed by atoms with E-state index in [4.69, 9.17) is 25.8 Å². The number of amides is 1. The van der Waals surface area contributed by atoms with Crippen LogP contribution in [0.1, 0.15) is 12.5 Å². The van der Waals surface area contributed by atoms with Gasteiger partial charge in [0.05, 0.1) is 5.02 Å². The first-order valence-corrected chi connectivity index (χ1v) is 7.68. The van der Waals surface area contributed by atoms with Crippen LogP contribution in [0.15, 0.2) is 36.4 Å². The Morgan fingerprint density at radius 3 is 2.88 bits per heavy atom. The van der Waals surface area contributed by atoms with Crippen LogP contribution in [0.25, 0.3) is 0 Å². The van der Waals surface area contributed by atoms with Crippen LogP contribution in [0.2, 0.25) is 5.02 Å². The second-order valence-corrected chi connectivity index (χ2v) is 5.65. The highest BCUT2D eigenvalue weighted by molar-refractivity contribution is 6.30. The number of carbonyl (C=O) groups excluding carboxylic acids is 1.